The van der Waals surface area contributed by atoms with E-state index in [4.69, 9.17) is 0 Å². The van der Waals surface area contributed by atoms with Crippen LogP contribution in [0.25, 0.3) is 0 Å². The second-order valence-electron chi connectivity index (χ2n) is 6.30. The van der Waals surface area contributed by atoms with Crippen molar-refractivity contribution in [3.05, 3.63) is 102 Å². The van der Waals surface area contributed by atoms with Crippen molar-refractivity contribution in [2.45, 2.75) is 13.0 Å². The lowest BCUT2D eigenvalue weighted by Gasteiger charge is -2.15. The van der Waals surface area contributed by atoms with Crippen LogP contribution in [0.4, 0.5) is 5.69 Å². The molecule has 0 heterocycles. The molecule has 3 aromatic carbocycles. The van der Waals surface area contributed by atoms with Gasteiger partial charge in [-0.3, -0.25) is 9.59 Å². The van der Waals surface area contributed by atoms with Gasteiger partial charge in [-0.25, -0.2) is 0 Å². The van der Waals surface area contributed by atoms with Gasteiger partial charge in [0.15, 0.2) is 5.78 Å². The van der Waals surface area contributed by atoms with E-state index in [2.05, 4.69) is 10.6 Å². The first-order chi connectivity index (χ1) is 13.1. The van der Waals surface area contributed by atoms with E-state index >= 15 is 0 Å². The van der Waals surface area contributed by atoms with E-state index in [0.717, 1.165) is 5.56 Å². The Morgan fingerprint density at radius 2 is 1.41 bits per heavy atom. The van der Waals surface area contributed by atoms with E-state index in [1.54, 1.807) is 36.4 Å². The van der Waals surface area contributed by atoms with Crippen LogP contribution in [0.5, 0.6) is 0 Å². The van der Waals surface area contributed by atoms with Gasteiger partial charge in [0.2, 0.25) is 5.91 Å². The van der Waals surface area contributed by atoms with E-state index in [9.17, 15) is 9.59 Å². The molecule has 136 valence electrons. The predicted octanol–water partition coefficient (Wildman–Crippen LogP) is 4.21. The van der Waals surface area contributed by atoms with Crippen molar-refractivity contribution < 1.29 is 9.59 Å². The van der Waals surface area contributed by atoms with Crippen LogP contribution in [-0.2, 0) is 4.79 Å². The summed E-state index contributed by atoms with van der Waals surface area (Å²) in [5.41, 5.74) is 2.71. The maximum atomic E-state index is 12.7. The molecule has 0 aliphatic carbocycles. The summed E-state index contributed by atoms with van der Waals surface area (Å²) in [4.78, 5) is 25.1. The van der Waals surface area contributed by atoms with Crippen LogP contribution >= 0.6 is 0 Å². The summed E-state index contributed by atoms with van der Waals surface area (Å²) in [5, 5.41) is 6.05. The predicted molar refractivity (Wildman–Crippen MR) is 108 cm³/mol. The van der Waals surface area contributed by atoms with Gasteiger partial charge >= 0.3 is 0 Å². The summed E-state index contributed by atoms with van der Waals surface area (Å²) in [6.07, 6.45) is 0. The Bertz CT molecular complexity index is 908. The van der Waals surface area contributed by atoms with Crippen molar-refractivity contribution >= 4 is 17.4 Å². The van der Waals surface area contributed by atoms with Crippen molar-refractivity contribution in [2.75, 3.05) is 11.9 Å². The molecule has 0 aliphatic rings. The van der Waals surface area contributed by atoms with Gasteiger partial charge in [-0.15, -0.1) is 0 Å². The lowest BCUT2D eigenvalue weighted by atomic mass is 10.0. The van der Waals surface area contributed by atoms with Gasteiger partial charge in [-0.1, -0.05) is 72.8 Å². The van der Waals surface area contributed by atoms with E-state index in [1.807, 2.05) is 55.5 Å². The van der Waals surface area contributed by atoms with E-state index in [1.165, 1.54) is 0 Å². The minimum Gasteiger partial charge on any atom is -0.324 e. The molecule has 4 heteroatoms. The highest BCUT2D eigenvalue weighted by Crippen LogP contribution is 2.19. The van der Waals surface area contributed by atoms with Gasteiger partial charge in [0.25, 0.3) is 0 Å². The molecule has 3 aromatic rings. The number of benzene rings is 3. The summed E-state index contributed by atoms with van der Waals surface area (Å²) in [6.45, 7) is 2.17. The lowest BCUT2D eigenvalue weighted by Crippen LogP contribution is -2.30. The summed E-state index contributed by atoms with van der Waals surface area (Å²) in [5.74, 6) is -0.303. The fourth-order valence-electron chi connectivity index (χ4n) is 2.83. The number of amides is 1. The van der Waals surface area contributed by atoms with Crippen LogP contribution in [0, 0.1) is 0 Å². The number of hydrogen-bond donors (Lipinski definition) is 2. The number of carbonyl (C=O) groups is 2. The van der Waals surface area contributed by atoms with Gasteiger partial charge in [0.05, 0.1) is 12.2 Å². The Labute approximate surface area is 159 Å². The summed E-state index contributed by atoms with van der Waals surface area (Å²) >= 11 is 0. The van der Waals surface area contributed by atoms with Crippen LogP contribution in [0.2, 0.25) is 0 Å². The van der Waals surface area contributed by atoms with Crippen molar-refractivity contribution in [3.8, 4) is 0 Å². The van der Waals surface area contributed by atoms with Crippen molar-refractivity contribution in [1.29, 1.82) is 0 Å². The van der Waals surface area contributed by atoms with Gasteiger partial charge in [0, 0.05) is 17.2 Å². The van der Waals surface area contributed by atoms with E-state index < -0.39 is 0 Å². The molecule has 4 nitrogen and oxygen atoms in total. The van der Waals surface area contributed by atoms with Crippen LogP contribution in [-0.4, -0.2) is 18.2 Å². The summed E-state index contributed by atoms with van der Waals surface area (Å²) in [7, 11) is 0. The molecule has 0 aromatic heterocycles. The minimum atomic E-state index is -0.189. The number of para-hydroxylation sites is 1. The molecule has 1 atom stereocenters. The molecule has 27 heavy (non-hydrogen) atoms. The van der Waals surface area contributed by atoms with Crippen molar-refractivity contribution in [2.24, 2.45) is 0 Å². The second-order valence-corrected chi connectivity index (χ2v) is 6.30. The molecular weight excluding hydrogens is 336 g/mol. The average molecular weight is 358 g/mol. The zero-order valence-corrected chi connectivity index (χ0v) is 15.2. The van der Waals surface area contributed by atoms with Crippen LogP contribution in [0.1, 0.15) is 34.5 Å². The zero-order chi connectivity index (χ0) is 19.1. The third kappa shape index (κ3) is 4.90. The zero-order valence-electron chi connectivity index (χ0n) is 15.2. The summed E-state index contributed by atoms with van der Waals surface area (Å²) < 4.78 is 0. The number of ketones is 1. The van der Waals surface area contributed by atoms with Crippen LogP contribution in [0.3, 0.4) is 0 Å². The van der Waals surface area contributed by atoms with Crippen LogP contribution in [0.15, 0.2) is 84.9 Å². The summed E-state index contributed by atoms with van der Waals surface area (Å²) in [6, 6.07) is 26.1. The highest BCUT2D eigenvalue weighted by Gasteiger charge is 2.15. The number of carbonyl (C=O) groups excluding carboxylic acids is 2. The Morgan fingerprint density at radius 1 is 0.815 bits per heavy atom. The smallest absolute Gasteiger partial charge is 0.238 e. The van der Waals surface area contributed by atoms with Gasteiger partial charge in [-0.2, -0.15) is 0 Å². The van der Waals surface area contributed by atoms with Gasteiger partial charge in [0.1, 0.15) is 0 Å². The fraction of sp³-hybridized carbons (Fsp3) is 0.130. The molecule has 0 aliphatic heterocycles. The molecule has 0 bridgehead atoms. The number of hydrogen-bond acceptors (Lipinski definition) is 3. The molecule has 0 fully saturated rings. The average Bonchev–Trinajstić information content (AvgIpc) is 2.73. The molecule has 0 saturated heterocycles. The van der Waals surface area contributed by atoms with E-state index in [-0.39, 0.29) is 24.3 Å². The Morgan fingerprint density at radius 3 is 2.11 bits per heavy atom. The topological polar surface area (TPSA) is 58.2 Å². The second kappa shape index (κ2) is 8.92. The molecule has 3 rings (SSSR count). The van der Waals surface area contributed by atoms with Gasteiger partial charge < -0.3 is 10.6 Å². The maximum absolute atomic E-state index is 12.7. The number of nitrogens with one attached hydrogen (secondary N) is 2. The first kappa shape index (κ1) is 18.5. The van der Waals surface area contributed by atoms with Crippen molar-refractivity contribution in [3.63, 3.8) is 0 Å². The largest absolute Gasteiger partial charge is 0.324 e. The lowest BCUT2D eigenvalue weighted by molar-refractivity contribution is -0.115. The Hall–Kier alpha value is -3.24. The normalized spacial score (nSPS) is 11.6. The quantitative estimate of drug-likeness (QED) is 0.622. The number of anilines is 1. The molecule has 2 N–H and O–H groups in total. The van der Waals surface area contributed by atoms with Gasteiger partial charge in [-0.05, 0) is 24.6 Å². The first-order valence-electron chi connectivity index (χ1n) is 8.92. The Kier molecular flexibility index (Phi) is 6.13. The maximum Gasteiger partial charge on any atom is 0.238 e. The minimum absolute atomic E-state index is 0.0538. The monoisotopic (exact) mass is 358 g/mol. The Balaban J connectivity index is 1.65. The van der Waals surface area contributed by atoms with Crippen LogP contribution < -0.4 is 10.6 Å². The third-order valence-corrected chi connectivity index (χ3v) is 4.35. The molecule has 0 saturated carbocycles. The third-order valence-electron chi connectivity index (χ3n) is 4.35. The molecule has 0 radical (unpaired) electrons. The van der Waals surface area contributed by atoms with Crippen molar-refractivity contribution in [1.82, 2.24) is 5.32 Å². The molecular formula is C23H22N2O2. The fourth-order valence-corrected chi connectivity index (χ4v) is 2.83. The standard InChI is InChI=1S/C23H22N2O2/c1-17(18-10-4-2-5-11-18)24-16-22(26)25-21-15-9-8-14-20(21)23(27)19-12-6-3-7-13-19/h2-15,17,24H,16H2,1H3,(H,25,26)/t17-/m1/s1. The first-order valence-corrected chi connectivity index (χ1v) is 8.92. The highest BCUT2D eigenvalue weighted by molar-refractivity contribution is 6.13. The molecule has 1 amide bonds. The molecule has 0 spiro atoms. The highest BCUT2D eigenvalue weighted by atomic mass is 16.2. The number of rotatable bonds is 7. The molecule has 0 unspecified atom stereocenters. The van der Waals surface area contributed by atoms with E-state index in [0.29, 0.717) is 16.8 Å². The SMILES string of the molecule is C[C@@H](NCC(=O)Nc1ccccc1C(=O)c1ccccc1)c1ccccc1.